The van der Waals surface area contributed by atoms with Crippen LogP contribution in [0.1, 0.15) is 0 Å². The van der Waals surface area contributed by atoms with Gasteiger partial charge in [-0.1, -0.05) is 11.2 Å². The molecule has 2 heterocycles. The van der Waals surface area contributed by atoms with E-state index in [0.29, 0.717) is 34.1 Å². The highest BCUT2D eigenvalue weighted by molar-refractivity contribution is 5.80. The number of nitrogens with zero attached hydrogens (tertiary/aromatic N) is 3. The van der Waals surface area contributed by atoms with Crippen molar-refractivity contribution in [3.63, 3.8) is 0 Å². The fraction of sp³-hybridized carbons (Fsp3) is 0.111. The molecule has 0 radical (unpaired) electrons. The Labute approximate surface area is 146 Å². The maximum atomic E-state index is 11.7. The van der Waals surface area contributed by atoms with Gasteiger partial charge in [-0.15, -0.1) is 0 Å². The van der Waals surface area contributed by atoms with Crippen molar-refractivity contribution in [3.05, 3.63) is 63.2 Å². The van der Waals surface area contributed by atoms with E-state index in [2.05, 4.69) is 15.1 Å². The van der Waals surface area contributed by atoms with E-state index < -0.39 is 11.1 Å². The average Bonchev–Trinajstić information content (AvgIpc) is 3.16. The summed E-state index contributed by atoms with van der Waals surface area (Å²) in [5, 5.41) is 4.00. The molecular formula is C18H14N4O4. The van der Waals surface area contributed by atoms with Gasteiger partial charge in [0.05, 0.1) is 18.1 Å². The molecule has 130 valence electrons. The number of nitrogens with one attached hydrogen (secondary N) is 1. The van der Waals surface area contributed by atoms with E-state index in [4.69, 9.17) is 9.26 Å². The minimum absolute atomic E-state index is 0.355. The van der Waals surface area contributed by atoms with Gasteiger partial charge in [0, 0.05) is 18.2 Å². The van der Waals surface area contributed by atoms with E-state index in [1.807, 2.05) is 18.2 Å². The van der Waals surface area contributed by atoms with Gasteiger partial charge in [-0.3, -0.25) is 9.59 Å². The van der Waals surface area contributed by atoms with Crippen LogP contribution in [0, 0.1) is 0 Å². The Balaban J connectivity index is 1.79. The van der Waals surface area contributed by atoms with Crippen LogP contribution >= 0.6 is 0 Å². The second kappa shape index (κ2) is 5.99. The SMILES string of the molecule is COc1cccc(-c2nc(-c3ccc4c(c3)[nH]c(=O)c(=O)n4C)no2)c1. The molecule has 0 bridgehead atoms. The van der Waals surface area contributed by atoms with Crippen LogP contribution in [0.5, 0.6) is 5.75 Å². The first-order valence-electron chi connectivity index (χ1n) is 7.78. The molecule has 1 N–H and O–H groups in total. The van der Waals surface area contributed by atoms with Crippen molar-refractivity contribution in [1.82, 2.24) is 19.7 Å². The largest absolute Gasteiger partial charge is 0.497 e. The molecule has 4 rings (SSSR count). The van der Waals surface area contributed by atoms with E-state index in [9.17, 15) is 9.59 Å². The first-order valence-corrected chi connectivity index (χ1v) is 7.78. The third kappa shape index (κ3) is 2.57. The van der Waals surface area contributed by atoms with Crippen LogP contribution in [0.3, 0.4) is 0 Å². The lowest BCUT2D eigenvalue weighted by molar-refractivity contribution is 0.413. The van der Waals surface area contributed by atoms with Crippen molar-refractivity contribution >= 4 is 11.0 Å². The van der Waals surface area contributed by atoms with Gasteiger partial charge in [0.25, 0.3) is 5.89 Å². The molecule has 0 aliphatic heterocycles. The number of aryl methyl sites for hydroxylation is 1. The number of aromatic amines is 1. The number of methoxy groups -OCH3 is 1. The average molecular weight is 350 g/mol. The Morgan fingerprint density at radius 3 is 2.77 bits per heavy atom. The summed E-state index contributed by atoms with van der Waals surface area (Å²) in [5.74, 6) is 1.42. The minimum Gasteiger partial charge on any atom is -0.497 e. The van der Waals surface area contributed by atoms with Crippen molar-refractivity contribution in [2.24, 2.45) is 7.05 Å². The van der Waals surface area contributed by atoms with Crippen LogP contribution in [0.25, 0.3) is 33.9 Å². The first kappa shape index (κ1) is 15.8. The highest BCUT2D eigenvalue weighted by Crippen LogP contribution is 2.26. The van der Waals surface area contributed by atoms with Gasteiger partial charge in [-0.2, -0.15) is 4.98 Å². The van der Waals surface area contributed by atoms with Crippen LogP contribution in [-0.2, 0) is 7.05 Å². The summed E-state index contributed by atoms with van der Waals surface area (Å²) in [7, 11) is 3.14. The molecule has 4 aromatic rings. The molecule has 8 nitrogen and oxygen atoms in total. The van der Waals surface area contributed by atoms with Gasteiger partial charge >= 0.3 is 11.1 Å². The quantitative estimate of drug-likeness (QED) is 0.567. The maximum Gasteiger partial charge on any atom is 0.316 e. The second-order valence-corrected chi connectivity index (χ2v) is 5.71. The molecular weight excluding hydrogens is 336 g/mol. The molecule has 8 heteroatoms. The molecule has 0 spiro atoms. The Morgan fingerprint density at radius 1 is 1.12 bits per heavy atom. The molecule has 26 heavy (non-hydrogen) atoms. The molecule has 0 saturated carbocycles. The van der Waals surface area contributed by atoms with E-state index in [1.54, 1.807) is 38.4 Å². The molecule has 0 aliphatic rings. The summed E-state index contributed by atoms with van der Waals surface area (Å²) < 4.78 is 11.8. The lowest BCUT2D eigenvalue weighted by Gasteiger charge is -2.04. The molecule has 0 unspecified atom stereocenters. The van der Waals surface area contributed by atoms with Gasteiger partial charge in [0.1, 0.15) is 5.75 Å². The van der Waals surface area contributed by atoms with Crippen molar-refractivity contribution in [3.8, 4) is 28.6 Å². The second-order valence-electron chi connectivity index (χ2n) is 5.71. The maximum absolute atomic E-state index is 11.7. The van der Waals surface area contributed by atoms with Crippen LogP contribution in [-0.4, -0.2) is 26.8 Å². The Morgan fingerprint density at radius 2 is 1.96 bits per heavy atom. The zero-order valence-corrected chi connectivity index (χ0v) is 14.0. The Hall–Kier alpha value is -3.68. The molecule has 0 saturated heterocycles. The highest BCUT2D eigenvalue weighted by atomic mass is 16.5. The van der Waals surface area contributed by atoms with Crippen LogP contribution < -0.4 is 15.9 Å². The fourth-order valence-electron chi connectivity index (χ4n) is 2.72. The highest BCUT2D eigenvalue weighted by Gasteiger charge is 2.13. The van der Waals surface area contributed by atoms with Gasteiger partial charge in [0.15, 0.2) is 0 Å². The van der Waals surface area contributed by atoms with Gasteiger partial charge in [-0.05, 0) is 36.4 Å². The summed E-state index contributed by atoms with van der Waals surface area (Å²) in [5.41, 5.74) is 1.23. The summed E-state index contributed by atoms with van der Waals surface area (Å²) in [4.78, 5) is 30.4. The zero-order valence-electron chi connectivity index (χ0n) is 14.0. The smallest absolute Gasteiger partial charge is 0.316 e. The zero-order chi connectivity index (χ0) is 18.3. The fourth-order valence-corrected chi connectivity index (χ4v) is 2.72. The first-order chi connectivity index (χ1) is 12.6. The van der Waals surface area contributed by atoms with Gasteiger partial charge in [-0.25, -0.2) is 0 Å². The molecule has 2 aromatic carbocycles. The van der Waals surface area contributed by atoms with Crippen molar-refractivity contribution < 1.29 is 9.26 Å². The number of ether oxygens (including phenoxy) is 1. The monoisotopic (exact) mass is 350 g/mol. The van der Waals surface area contributed by atoms with Crippen LogP contribution in [0.2, 0.25) is 0 Å². The summed E-state index contributed by atoms with van der Waals surface area (Å²) >= 11 is 0. The Bertz CT molecular complexity index is 1240. The Kier molecular flexibility index (Phi) is 3.65. The third-order valence-electron chi connectivity index (χ3n) is 4.11. The number of benzene rings is 2. The predicted octanol–water partition coefficient (Wildman–Crippen LogP) is 1.95. The molecule has 0 amide bonds. The standard InChI is InChI=1S/C18H14N4O4/c1-22-14-7-6-10(9-13(14)19-16(23)18(22)24)15-20-17(26-21-15)11-4-3-5-12(8-11)25-2/h3-9H,1-2H3,(H,19,23). The minimum atomic E-state index is -0.678. The summed E-state index contributed by atoms with van der Waals surface area (Å²) in [6.45, 7) is 0. The molecule has 0 atom stereocenters. The number of hydrogen-bond donors (Lipinski definition) is 1. The van der Waals surface area contributed by atoms with E-state index >= 15 is 0 Å². The summed E-state index contributed by atoms with van der Waals surface area (Å²) in [6, 6.07) is 12.5. The molecule has 0 aliphatic carbocycles. The van der Waals surface area contributed by atoms with E-state index in [-0.39, 0.29) is 0 Å². The molecule has 0 fully saturated rings. The van der Waals surface area contributed by atoms with Crippen LogP contribution in [0.15, 0.2) is 56.6 Å². The predicted molar refractivity (Wildman–Crippen MR) is 95.1 cm³/mol. The lowest BCUT2D eigenvalue weighted by Crippen LogP contribution is -2.34. The lowest BCUT2D eigenvalue weighted by atomic mass is 10.1. The molecule has 2 aromatic heterocycles. The number of hydrogen-bond acceptors (Lipinski definition) is 6. The van der Waals surface area contributed by atoms with Crippen LogP contribution in [0.4, 0.5) is 0 Å². The number of fused-ring (bicyclic) bond motifs is 1. The van der Waals surface area contributed by atoms with Gasteiger partial charge < -0.3 is 18.8 Å². The van der Waals surface area contributed by atoms with Gasteiger partial charge in [0.2, 0.25) is 5.82 Å². The number of H-pyrrole nitrogens is 1. The summed E-state index contributed by atoms with van der Waals surface area (Å²) in [6.07, 6.45) is 0. The van der Waals surface area contributed by atoms with Crippen molar-refractivity contribution in [1.29, 1.82) is 0 Å². The van der Waals surface area contributed by atoms with Crippen molar-refractivity contribution in [2.75, 3.05) is 7.11 Å². The normalized spacial score (nSPS) is 11.0. The van der Waals surface area contributed by atoms with E-state index in [1.165, 1.54) is 4.57 Å². The van der Waals surface area contributed by atoms with Crippen molar-refractivity contribution in [2.45, 2.75) is 0 Å². The third-order valence-corrected chi connectivity index (χ3v) is 4.11. The topological polar surface area (TPSA) is 103 Å². The van der Waals surface area contributed by atoms with E-state index in [0.717, 1.165) is 5.56 Å². The number of rotatable bonds is 3. The number of aromatic nitrogens is 4.